The van der Waals surface area contributed by atoms with Gasteiger partial charge in [0.05, 0.1) is 18.8 Å². The predicted octanol–water partition coefficient (Wildman–Crippen LogP) is 5.21. The molecule has 1 aliphatic heterocycles. The van der Waals surface area contributed by atoms with Gasteiger partial charge < -0.3 is 14.7 Å². The van der Waals surface area contributed by atoms with Crippen molar-refractivity contribution in [3.05, 3.63) is 94.5 Å². The van der Waals surface area contributed by atoms with Crippen LogP contribution in [0.1, 0.15) is 29.2 Å². The van der Waals surface area contributed by atoms with Crippen LogP contribution in [0, 0.1) is 0 Å². The number of amidine groups is 1. The van der Waals surface area contributed by atoms with Crippen LogP contribution >= 0.6 is 11.6 Å². The molecule has 0 radical (unpaired) electrons. The standard InChI is InChI=1S/C24H23ClN2O2/c1-29-20-13-9-18(10-14-20)24-26-22-6-3-2-5-21(22)23(27(24)15-4-16-28)17-7-11-19(25)12-8-17/h2-3,5-14,23,28H,4,15-16H2,1H3. The van der Waals surface area contributed by atoms with Gasteiger partial charge in [0.2, 0.25) is 0 Å². The largest absolute Gasteiger partial charge is 0.497 e. The number of aliphatic hydroxyl groups is 1. The van der Waals surface area contributed by atoms with Crippen LogP contribution in [0.4, 0.5) is 5.69 Å². The van der Waals surface area contributed by atoms with Crippen molar-refractivity contribution in [2.45, 2.75) is 12.5 Å². The Morgan fingerprint density at radius 1 is 1.00 bits per heavy atom. The topological polar surface area (TPSA) is 45.1 Å². The second-order valence-electron chi connectivity index (χ2n) is 6.95. The quantitative estimate of drug-likeness (QED) is 0.610. The Kier molecular flexibility index (Phi) is 5.84. The van der Waals surface area contributed by atoms with Crippen LogP contribution in [0.15, 0.2) is 77.8 Å². The molecule has 0 bridgehead atoms. The van der Waals surface area contributed by atoms with Crippen LogP contribution in [-0.2, 0) is 0 Å². The number of aliphatic imine (C=N–C) groups is 1. The zero-order chi connectivity index (χ0) is 20.2. The lowest BCUT2D eigenvalue weighted by molar-refractivity contribution is 0.254. The highest BCUT2D eigenvalue weighted by Gasteiger charge is 2.31. The summed E-state index contributed by atoms with van der Waals surface area (Å²) >= 11 is 6.14. The molecule has 3 aromatic rings. The molecular formula is C24H23ClN2O2. The van der Waals surface area contributed by atoms with E-state index in [0.29, 0.717) is 18.0 Å². The maximum absolute atomic E-state index is 9.51. The Morgan fingerprint density at radius 2 is 1.72 bits per heavy atom. The van der Waals surface area contributed by atoms with Crippen molar-refractivity contribution in [3.8, 4) is 5.75 Å². The Labute approximate surface area is 176 Å². The summed E-state index contributed by atoms with van der Waals surface area (Å²) in [5.74, 6) is 1.70. The molecule has 0 spiro atoms. The van der Waals surface area contributed by atoms with E-state index in [4.69, 9.17) is 21.3 Å². The minimum atomic E-state index is -0.00961. The number of nitrogens with zero attached hydrogens (tertiary/aromatic N) is 2. The number of methoxy groups -OCH3 is 1. The molecule has 1 heterocycles. The van der Waals surface area contributed by atoms with Gasteiger partial charge in [0.15, 0.2) is 0 Å². The highest BCUT2D eigenvalue weighted by Crippen LogP contribution is 2.40. The number of aliphatic hydroxyl groups excluding tert-OH is 1. The molecule has 4 nitrogen and oxygen atoms in total. The molecule has 0 fully saturated rings. The van der Waals surface area contributed by atoms with Crippen molar-refractivity contribution in [3.63, 3.8) is 0 Å². The number of fused-ring (bicyclic) bond motifs is 1. The fourth-order valence-electron chi connectivity index (χ4n) is 3.74. The molecule has 1 N–H and O–H groups in total. The van der Waals surface area contributed by atoms with Crippen molar-refractivity contribution in [2.75, 3.05) is 20.3 Å². The Balaban J connectivity index is 1.86. The number of hydrogen-bond acceptors (Lipinski definition) is 4. The van der Waals surface area contributed by atoms with Gasteiger partial charge in [0.25, 0.3) is 0 Å². The summed E-state index contributed by atoms with van der Waals surface area (Å²) in [4.78, 5) is 7.26. The first kappa shape index (κ1) is 19.5. The predicted molar refractivity (Wildman–Crippen MR) is 117 cm³/mol. The van der Waals surface area contributed by atoms with Crippen LogP contribution < -0.4 is 4.74 Å². The first-order valence-electron chi connectivity index (χ1n) is 9.66. The minimum absolute atomic E-state index is 0.00961. The van der Waals surface area contributed by atoms with Gasteiger partial charge in [-0.05, 0) is 54.4 Å². The maximum Gasteiger partial charge on any atom is 0.137 e. The summed E-state index contributed by atoms with van der Waals surface area (Å²) < 4.78 is 5.31. The maximum atomic E-state index is 9.51. The van der Waals surface area contributed by atoms with Gasteiger partial charge in [0, 0.05) is 29.3 Å². The fraction of sp³-hybridized carbons (Fsp3) is 0.208. The van der Waals surface area contributed by atoms with E-state index in [9.17, 15) is 5.11 Å². The van der Waals surface area contributed by atoms with E-state index in [1.54, 1.807) is 7.11 Å². The first-order valence-corrected chi connectivity index (χ1v) is 10.0. The Bertz CT molecular complexity index is 1000. The van der Waals surface area contributed by atoms with Gasteiger partial charge in [-0.15, -0.1) is 0 Å². The second kappa shape index (κ2) is 8.68. The number of rotatable bonds is 6. The normalized spacial score (nSPS) is 15.6. The highest BCUT2D eigenvalue weighted by atomic mass is 35.5. The molecule has 0 amide bonds. The molecule has 0 aliphatic carbocycles. The molecule has 1 unspecified atom stereocenters. The van der Waals surface area contributed by atoms with Crippen molar-refractivity contribution in [1.29, 1.82) is 0 Å². The lowest BCUT2D eigenvalue weighted by Gasteiger charge is -2.39. The molecule has 3 aromatic carbocycles. The van der Waals surface area contributed by atoms with Gasteiger partial charge in [-0.25, -0.2) is 4.99 Å². The molecule has 0 aromatic heterocycles. The molecule has 1 aliphatic rings. The Hall–Kier alpha value is -2.82. The van der Waals surface area contributed by atoms with Gasteiger partial charge in [-0.1, -0.05) is 41.9 Å². The molecule has 1 atom stereocenters. The number of halogens is 1. The van der Waals surface area contributed by atoms with E-state index in [1.807, 2.05) is 54.6 Å². The molecule has 148 valence electrons. The number of para-hydroxylation sites is 1. The first-order chi connectivity index (χ1) is 14.2. The van der Waals surface area contributed by atoms with Crippen molar-refractivity contribution >= 4 is 23.1 Å². The summed E-state index contributed by atoms with van der Waals surface area (Å²) in [5, 5.41) is 10.2. The minimum Gasteiger partial charge on any atom is -0.497 e. The van der Waals surface area contributed by atoms with Gasteiger partial charge >= 0.3 is 0 Å². The molecule has 29 heavy (non-hydrogen) atoms. The van der Waals surface area contributed by atoms with Crippen molar-refractivity contribution < 1.29 is 9.84 Å². The third kappa shape index (κ3) is 4.00. The molecular weight excluding hydrogens is 384 g/mol. The van der Waals surface area contributed by atoms with Gasteiger partial charge in [0.1, 0.15) is 11.6 Å². The van der Waals surface area contributed by atoms with Crippen LogP contribution in [-0.4, -0.2) is 36.1 Å². The lowest BCUT2D eigenvalue weighted by atomic mass is 9.92. The SMILES string of the molecule is COc1ccc(C2=Nc3ccccc3C(c3ccc(Cl)cc3)N2CCCO)cc1. The van der Waals surface area contributed by atoms with E-state index >= 15 is 0 Å². The van der Waals surface area contributed by atoms with E-state index < -0.39 is 0 Å². The molecule has 4 rings (SSSR count). The van der Waals surface area contributed by atoms with Crippen LogP contribution in [0.25, 0.3) is 0 Å². The smallest absolute Gasteiger partial charge is 0.137 e. The summed E-state index contributed by atoms with van der Waals surface area (Å²) in [5.41, 5.74) is 4.25. The van der Waals surface area contributed by atoms with Crippen LogP contribution in [0.3, 0.4) is 0 Å². The molecule has 0 saturated carbocycles. The third-order valence-corrected chi connectivity index (χ3v) is 5.38. The van der Waals surface area contributed by atoms with E-state index in [2.05, 4.69) is 23.1 Å². The zero-order valence-electron chi connectivity index (χ0n) is 16.3. The Morgan fingerprint density at radius 3 is 2.41 bits per heavy atom. The molecule has 5 heteroatoms. The number of benzene rings is 3. The van der Waals surface area contributed by atoms with E-state index in [1.165, 1.54) is 0 Å². The summed E-state index contributed by atoms with van der Waals surface area (Å²) in [6, 6.07) is 24.1. The highest BCUT2D eigenvalue weighted by molar-refractivity contribution is 6.30. The second-order valence-corrected chi connectivity index (χ2v) is 7.38. The average molecular weight is 407 g/mol. The summed E-state index contributed by atoms with van der Waals surface area (Å²) in [6.45, 7) is 0.810. The zero-order valence-corrected chi connectivity index (χ0v) is 17.0. The fourth-order valence-corrected chi connectivity index (χ4v) is 3.87. The lowest BCUT2D eigenvalue weighted by Crippen LogP contribution is -2.39. The van der Waals surface area contributed by atoms with Crippen molar-refractivity contribution in [2.24, 2.45) is 4.99 Å². The molecule has 0 saturated heterocycles. The van der Waals surface area contributed by atoms with Gasteiger partial charge in [-0.2, -0.15) is 0 Å². The monoisotopic (exact) mass is 406 g/mol. The van der Waals surface area contributed by atoms with Gasteiger partial charge in [-0.3, -0.25) is 0 Å². The van der Waals surface area contributed by atoms with Crippen molar-refractivity contribution in [1.82, 2.24) is 4.90 Å². The van der Waals surface area contributed by atoms with Crippen LogP contribution in [0.5, 0.6) is 5.75 Å². The third-order valence-electron chi connectivity index (χ3n) is 5.13. The van der Waals surface area contributed by atoms with E-state index in [0.717, 1.165) is 34.0 Å². The van der Waals surface area contributed by atoms with Crippen LogP contribution in [0.2, 0.25) is 5.02 Å². The summed E-state index contributed by atoms with van der Waals surface area (Å²) in [7, 11) is 1.66. The average Bonchev–Trinajstić information content (AvgIpc) is 2.77. The number of hydrogen-bond donors (Lipinski definition) is 1. The summed E-state index contributed by atoms with van der Waals surface area (Å²) in [6.07, 6.45) is 0.654. The van der Waals surface area contributed by atoms with E-state index in [-0.39, 0.29) is 12.6 Å². The number of ether oxygens (including phenoxy) is 1.